The Balaban J connectivity index is 2.06. The van der Waals surface area contributed by atoms with Gasteiger partial charge in [0.15, 0.2) is 0 Å². The van der Waals surface area contributed by atoms with Crippen molar-refractivity contribution in [3.63, 3.8) is 0 Å². The zero-order valence-corrected chi connectivity index (χ0v) is 11.0. The van der Waals surface area contributed by atoms with E-state index in [9.17, 15) is 4.79 Å². The lowest BCUT2D eigenvalue weighted by Crippen LogP contribution is -2.31. The van der Waals surface area contributed by atoms with Gasteiger partial charge in [-0.25, -0.2) is 0 Å². The van der Waals surface area contributed by atoms with Crippen LogP contribution in [-0.4, -0.2) is 5.91 Å². The molecule has 0 unspecified atom stereocenters. The molecule has 0 bridgehead atoms. The number of benzene rings is 2. The average Bonchev–Trinajstić information content (AvgIpc) is 2.47. The Labute approximate surface area is 113 Å². The maximum atomic E-state index is 11.7. The lowest BCUT2D eigenvalue weighted by atomic mass is 9.82. The van der Waals surface area contributed by atoms with Gasteiger partial charge in [-0.3, -0.25) is 4.79 Å². The first-order valence-corrected chi connectivity index (χ1v) is 6.76. The number of carbonyl (C=O) groups is 1. The van der Waals surface area contributed by atoms with E-state index in [0.717, 1.165) is 6.42 Å². The molecule has 1 aliphatic carbocycles. The molecule has 3 rings (SSSR count). The maximum Gasteiger partial charge on any atom is 0.220 e. The van der Waals surface area contributed by atoms with Crippen LogP contribution < -0.4 is 5.32 Å². The number of carbonyl (C=O) groups excluding carboxylic acids is 1. The predicted molar refractivity (Wildman–Crippen MR) is 76.8 cm³/mol. The normalized spacial score (nSPS) is 16.4. The number of hydrogen-bond donors (Lipinski definition) is 1. The van der Waals surface area contributed by atoms with Gasteiger partial charge < -0.3 is 5.32 Å². The Morgan fingerprint density at radius 3 is 2.58 bits per heavy atom. The summed E-state index contributed by atoms with van der Waals surface area (Å²) < 4.78 is 0. The molecule has 1 aliphatic rings. The van der Waals surface area contributed by atoms with E-state index < -0.39 is 0 Å². The minimum atomic E-state index is 0.0959. The van der Waals surface area contributed by atoms with Crippen molar-refractivity contribution in [2.24, 2.45) is 0 Å². The second-order valence-corrected chi connectivity index (χ2v) is 4.92. The topological polar surface area (TPSA) is 29.1 Å². The molecule has 0 radical (unpaired) electrons. The molecule has 96 valence electrons. The van der Waals surface area contributed by atoms with Gasteiger partial charge in [0.25, 0.3) is 0 Å². The molecule has 1 atom stereocenters. The summed E-state index contributed by atoms with van der Waals surface area (Å²) >= 11 is 0. The zero-order chi connectivity index (χ0) is 13.2. The van der Waals surface area contributed by atoms with Crippen LogP contribution in [0.5, 0.6) is 0 Å². The van der Waals surface area contributed by atoms with Gasteiger partial charge in [0.2, 0.25) is 5.91 Å². The van der Waals surface area contributed by atoms with Crippen molar-refractivity contribution in [3.8, 4) is 11.1 Å². The molecule has 2 aromatic carbocycles. The highest BCUT2D eigenvalue weighted by molar-refractivity contribution is 5.79. The third kappa shape index (κ3) is 2.14. The van der Waals surface area contributed by atoms with Crippen molar-refractivity contribution >= 4 is 5.91 Å². The number of nitrogens with one attached hydrogen (secondary N) is 1. The van der Waals surface area contributed by atoms with E-state index in [2.05, 4.69) is 47.8 Å². The molecule has 2 heteroatoms. The molecule has 0 fully saturated rings. The Kier molecular flexibility index (Phi) is 3.08. The van der Waals surface area contributed by atoms with Crippen molar-refractivity contribution in [2.45, 2.75) is 25.8 Å². The van der Waals surface area contributed by atoms with Crippen LogP contribution in [0.25, 0.3) is 11.1 Å². The van der Waals surface area contributed by atoms with E-state index in [4.69, 9.17) is 0 Å². The summed E-state index contributed by atoms with van der Waals surface area (Å²) in [6.45, 7) is 1.89. The van der Waals surface area contributed by atoms with Crippen LogP contribution in [0.2, 0.25) is 0 Å². The minimum Gasteiger partial charge on any atom is -0.349 e. The van der Waals surface area contributed by atoms with Gasteiger partial charge in [-0.05, 0) is 28.7 Å². The Hall–Kier alpha value is -2.09. The van der Waals surface area contributed by atoms with Gasteiger partial charge in [-0.2, -0.15) is 0 Å². The van der Waals surface area contributed by atoms with E-state index in [-0.39, 0.29) is 11.9 Å². The second kappa shape index (κ2) is 4.88. The van der Waals surface area contributed by atoms with Crippen molar-refractivity contribution < 1.29 is 4.79 Å². The largest absolute Gasteiger partial charge is 0.349 e. The first-order valence-electron chi connectivity index (χ1n) is 6.76. The standard InChI is InChI=1S/C17H17NO/c1-2-17(19)18-16-11-12-7-3-4-8-13(12)14-9-5-6-10-15(14)16/h3-10,16H,2,11H2,1H3,(H,18,19)/t16-/m0/s1. The van der Waals surface area contributed by atoms with Gasteiger partial charge in [-0.1, -0.05) is 55.5 Å². The van der Waals surface area contributed by atoms with E-state index in [1.54, 1.807) is 0 Å². The van der Waals surface area contributed by atoms with Gasteiger partial charge in [0.05, 0.1) is 6.04 Å². The highest BCUT2D eigenvalue weighted by Crippen LogP contribution is 2.38. The molecular formula is C17H17NO. The van der Waals surface area contributed by atoms with Crippen LogP contribution in [0, 0.1) is 0 Å². The van der Waals surface area contributed by atoms with Crippen LogP contribution in [0.1, 0.15) is 30.5 Å². The molecule has 0 spiro atoms. The van der Waals surface area contributed by atoms with Crippen LogP contribution >= 0.6 is 0 Å². The minimum absolute atomic E-state index is 0.0959. The van der Waals surface area contributed by atoms with Crippen molar-refractivity contribution in [3.05, 3.63) is 59.7 Å². The third-order valence-electron chi connectivity index (χ3n) is 3.72. The summed E-state index contributed by atoms with van der Waals surface area (Å²) in [5, 5.41) is 3.13. The molecule has 0 heterocycles. The Morgan fingerprint density at radius 2 is 1.79 bits per heavy atom. The van der Waals surface area contributed by atoms with Crippen LogP contribution in [0.15, 0.2) is 48.5 Å². The summed E-state index contributed by atoms with van der Waals surface area (Å²) in [7, 11) is 0. The van der Waals surface area contributed by atoms with Gasteiger partial charge in [0, 0.05) is 6.42 Å². The summed E-state index contributed by atoms with van der Waals surface area (Å²) in [6.07, 6.45) is 1.40. The molecule has 0 aliphatic heterocycles. The smallest absolute Gasteiger partial charge is 0.220 e. The number of amides is 1. The van der Waals surface area contributed by atoms with E-state index in [1.165, 1.54) is 22.3 Å². The first kappa shape index (κ1) is 12.0. The SMILES string of the molecule is CCC(=O)N[C@H]1Cc2ccccc2-c2ccccc21. The number of rotatable bonds is 2. The molecule has 1 N–H and O–H groups in total. The fourth-order valence-corrected chi connectivity index (χ4v) is 2.76. The van der Waals surface area contributed by atoms with Crippen LogP contribution in [-0.2, 0) is 11.2 Å². The summed E-state index contributed by atoms with van der Waals surface area (Å²) in [5.74, 6) is 0.110. The fourth-order valence-electron chi connectivity index (χ4n) is 2.76. The lowest BCUT2D eigenvalue weighted by Gasteiger charge is -2.28. The van der Waals surface area contributed by atoms with Crippen molar-refractivity contribution in [2.75, 3.05) is 0 Å². The van der Waals surface area contributed by atoms with Crippen LogP contribution in [0.4, 0.5) is 0 Å². The number of fused-ring (bicyclic) bond motifs is 3. The Bertz CT molecular complexity index is 618. The first-order chi connectivity index (χ1) is 9.29. The lowest BCUT2D eigenvalue weighted by molar-refractivity contribution is -0.121. The maximum absolute atomic E-state index is 11.7. The van der Waals surface area contributed by atoms with E-state index >= 15 is 0 Å². The van der Waals surface area contributed by atoms with Gasteiger partial charge >= 0.3 is 0 Å². The molecule has 0 aromatic heterocycles. The summed E-state index contributed by atoms with van der Waals surface area (Å²) in [6, 6.07) is 16.9. The number of hydrogen-bond acceptors (Lipinski definition) is 1. The highest BCUT2D eigenvalue weighted by atomic mass is 16.1. The molecule has 2 nitrogen and oxygen atoms in total. The fraction of sp³-hybridized carbons (Fsp3) is 0.235. The Morgan fingerprint density at radius 1 is 1.11 bits per heavy atom. The van der Waals surface area contributed by atoms with E-state index in [0.29, 0.717) is 6.42 Å². The zero-order valence-electron chi connectivity index (χ0n) is 11.0. The average molecular weight is 251 g/mol. The highest BCUT2D eigenvalue weighted by Gasteiger charge is 2.24. The van der Waals surface area contributed by atoms with Crippen LogP contribution in [0.3, 0.4) is 0 Å². The van der Waals surface area contributed by atoms with Gasteiger partial charge in [-0.15, -0.1) is 0 Å². The van der Waals surface area contributed by atoms with Crippen molar-refractivity contribution in [1.82, 2.24) is 5.32 Å². The molecule has 2 aromatic rings. The quantitative estimate of drug-likeness (QED) is 0.870. The molecule has 0 saturated carbocycles. The summed E-state index contributed by atoms with van der Waals surface area (Å²) in [5.41, 5.74) is 5.07. The van der Waals surface area contributed by atoms with Crippen molar-refractivity contribution in [1.29, 1.82) is 0 Å². The molecule has 19 heavy (non-hydrogen) atoms. The monoisotopic (exact) mass is 251 g/mol. The predicted octanol–water partition coefficient (Wildman–Crippen LogP) is 3.48. The molecular weight excluding hydrogens is 234 g/mol. The third-order valence-corrected chi connectivity index (χ3v) is 3.72. The van der Waals surface area contributed by atoms with E-state index in [1.807, 2.05) is 13.0 Å². The van der Waals surface area contributed by atoms with Gasteiger partial charge in [0.1, 0.15) is 0 Å². The molecule has 0 saturated heterocycles. The second-order valence-electron chi connectivity index (χ2n) is 4.92. The summed E-state index contributed by atoms with van der Waals surface area (Å²) in [4.78, 5) is 11.7. The molecule has 1 amide bonds.